The summed E-state index contributed by atoms with van der Waals surface area (Å²) in [6, 6.07) is 3.99. The summed E-state index contributed by atoms with van der Waals surface area (Å²) in [5.74, 6) is 0.237. The number of rotatable bonds is 2. The van der Waals surface area contributed by atoms with Gasteiger partial charge in [0, 0.05) is 12.0 Å². The van der Waals surface area contributed by atoms with Gasteiger partial charge in [0.15, 0.2) is 5.78 Å². The molecule has 0 saturated heterocycles. The highest BCUT2D eigenvalue weighted by Gasteiger charge is 2.57. The van der Waals surface area contributed by atoms with E-state index < -0.39 is 28.0 Å². The Morgan fingerprint density at radius 2 is 1.72 bits per heavy atom. The molecular weight excluding hydrogens is 343 g/mol. The molecule has 1 atom stereocenters. The van der Waals surface area contributed by atoms with Gasteiger partial charge in [-0.15, -0.1) is 0 Å². The van der Waals surface area contributed by atoms with Gasteiger partial charge in [-0.3, -0.25) is 4.79 Å². The molecule has 0 aliphatic heterocycles. The Bertz CT molecular complexity index is 754. The Balaban J connectivity index is 1.41. The normalized spacial score (nSPS) is 41.0. The van der Waals surface area contributed by atoms with Gasteiger partial charge in [0.05, 0.1) is 0 Å². The second-order valence-electron chi connectivity index (χ2n) is 8.60. The molecular formula is C20H20ClFO3. The molecule has 0 amide bonds. The summed E-state index contributed by atoms with van der Waals surface area (Å²) in [5, 5.41) is 0. The Morgan fingerprint density at radius 3 is 2.32 bits per heavy atom. The van der Waals surface area contributed by atoms with Crippen LogP contribution < -0.4 is 0 Å². The van der Waals surface area contributed by atoms with E-state index >= 15 is 0 Å². The Kier molecular flexibility index (Phi) is 3.20. The number of carbonyl (C=O) groups excluding carboxylic acids is 2. The van der Waals surface area contributed by atoms with Gasteiger partial charge in [0.25, 0.3) is 0 Å². The maximum Gasteiger partial charge on any atom is 0.336 e. The van der Waals surface area contributed by atoms with Crippen LogP contribution in [-0.2, 0) is 16.0 Å². The van der Waals surface area contributed by atoms with Gasteiger partial charge in [-0.25, -0.2) is 9.18 Å². The molecule has 0 N–H and O–H groups in total. The van der Waals surface area contributed by atoms with Crippen LogP contribution in [0.2, 0.25) is 0 Å². The number of carbonyl (C=O) groups is 2. The van der Waals surface area contributed by atoms with Crippen molar-refractivity contribution in [3.63, 3.8) is 0 Å². The zero-order valence-corrected chi connectivity index (χ0v) is 14.7. The molecule has 4 fully saturated rings. The second kappa shape index (κ2) is 5.06. The molecule has 0 spiro atoms. The Labute approximate surface area is 150 Å². The van der Waals surface area contributed by atoms with Crippen LogP contribution in [0.4, 0.5) is 4.39 Å². The molecule has 5 aliphatic rings. The van der Waals surface area contributed by atoms with Gasteiger partial charge < -0.3 is 4.74 Å². The van der Waals surface area contributed by atoms with E-state index in [4.69, 9.17) is 16.3 Å². The Morgan fingerprint density at radius 1 is 1.12 bits per heavy atom. The standard InChI is InChI=1S/C20H20ClFO3/c21-20(10-14-1-2-15(22)6-16(14)17(20)23)18(24)25-19-7-11-3-12(8-19)5-13(4-11)9-19/h1-2,6,11-13H,3-5,7-10H2. The number of ether oxygens (including phenoxy) is 1. The minimum Gasteiger partial charge on any atom is -0.457 e. The molecule has 0 aromatic heterocycles. The zero-order valence-electron chi connectivity index (χ0n) is 13.9. The molecule has 132 valence electrons. The molecule has 1 aromatic rings. The predicted molar refractivity (Wildman–Crippen MR) is 90.0 cm³/mol. The van der Waals surface area contributed by atoms with Gasteiger partial charge in [0.1, 0.15) is 11.4 Å². The third-order valence-electron chi connectivity index (χ3n) is 6.73. The van der Waals surface area contributed by atoms with Gasteiger partial charge >= 0.3 is 5.97 Å². The van der Waals surface area contributed by atoms with E-state index in [0.717, 1.165) is 19.3 Å². The van der Waals surface area contributed by atoms with Gasteiger partial charge in [-0.1, -0.05) is 17.7 Å². The van der Waals surface area contributed by atoms with Crippen LogP contribution in [0.25, 0.3) is 0 Å². The van der Waals surface area contributed by atoms with E-state index in [2.05, 4.69) is 0 Å². The first-order valence-electron chi connectivity index (χ1n) is 9.12. The molecule has 5 aliphatic carbocycles. The van der Waals surface area contributed by atoms with Crippen LogP contribution in [0.5, 0.6) is 0 Å². The van der Waals surface area contributed by atoms with Crippen LogP contribution in [0.15, 0.2) is 18.2 Å². The highest BCUT2D eigenvalue weighted by molar-refractivity contribution is 6.49. The molecule has 25 heavy (non-hydrogen) atoms. The van der Waals surface area contributed by atoms with Gasteiger partial charge in [-0.2, -0.15) is 0 Å². The van der Waals surface area contributed by atoms with Crippen LogP contribution in [-0.4, -0.2) is 22.2 Å². The molecule has 0 radical (unpaired) electrons. The highest BCUT2D eigenvalue weighted by Crippen LogP contribution is 2.57. The number of esters is 1. The number of hydrogen-bond acceptors (Lipinski definition) is 3. The van der Waals surface area contributed by atoms with Crippen LogP contribution >= 0.6 is 11.6 Å². The number of benzene rings is 1. The lowest BCUT2D eigenvalue weighted by molar-refractivity contribution is -0.188. The summed E-state index contributed by atoms with van der Waals surface area (Å²) < 4.78 is 19.4. The maximum atomic E-state index is 13.5. The van der Waals surface area contributed by atoms with E-state index in [1.807, 2.05) is 0 Å². The smallest absolute Gasteiger partial charge is 0.336 e. The monoisotopic (exact) mass is 362 g/mol. The van der Waals surface area contributed by atoms with Crippen LogP contribution in [0.3, 0.4) is 0 Å². The van der Waals surface area contributed by atoms with E-state index in [9.17, 15) is 14.0 Å². The molecule has 1 unspecified atom stereocenters. The quantitative estimate of drug-likeness (QED) is 0.453. The van der Waals surface area contributed by atoms with Crippen molar-refractivity contribution in [2.45, 2.75) is 55.4 Å². The summed E-state index contributed by atoms with van der Waals surface area (Å²) in [4.78, 5) is 23.9. The van der Waals surface area contributed by atoms with Crippen molar-refractivity contribution in [1.29, 1.82) is 0 Å². The summed E-state index contributed by atoms with van der Waals surface area (Å²) in [6.07, 6.45) is 6.49. The van der Waals surface area contributed by atoms with Crippen molar-refractivity contribution in [2.75, 3.05) is 0 Å². The highest BCUT2D eigenvalue weighted by atomic mass is 35.5. The number of ketones is 1. The molecule has 5 heteroatoms. The average molecular weight is 363 g/mol. The van der Waals surface area contributed by atoms with E-state index in [-0.39, 0.29) is 12.0 Å². The van der Waals surface area contributed by atoms with Crippen molar-refractivity contribution in [3.05, 3.63) is 35.1 Å². The summed E-state index contributed by atoms with van der Waals surface area (Å²) in [7, 11) is 0. The molecule has 1 aromatic carbocycles. The lowest BCUT2D eigenvalue weighted by Gasteiger charge is -2.56. The third-order valence-corrected chi connectivity index (χ3v) is 7.18. The van der Waals surface area contributed by atoms with Gasteiger partial charge in [-0.05, 0) is 74.0 Å². The fourth-order valence-corrected chi connectivity index (χ4v) is 6.35. The molecule has 4 saturated carbocycles. The maximum absolute atomic E-state index is 13.5. The number of alkyl halides is 1. The lowest BCUT2D eigenvalue weighted by atomic mass is 9.54. The number of hydrogen-bond donors (Lipinski definition) is 0. The van der Waals surface area contributed by atoms with Crippen molar-refractivity contribution in [3.8, 4) is 0 Å². The number of fused-ring (bicyclic) bond motifs is 1. The second-order valence-corrected chi connectivity index (χ2v) is 9.24. The first-order valence-corrected chi connectivity index (χ1v) is 9.50. The van der Waals surface area contributed by atoms with E-state index in [0.29, 0.717) is 23.3 Å². The fraction of sp³-hybridized carbons (Fsp3) is 0.600. The first-order chi connectivity index (χ1) is 11.9. The molecule has 6 rings (SSSR count). The number of Topliss-reactive ketones (excluding diaryl/α,β-unsaturated/α-hetero) is 1. The van der Waals surface area contributed by atoms with Crippen molar-refractivity contribution in [2.24, 2.45) is 17.8 Å². The SMILES string of the molecule is O=C(OC12CC3CC(CC(C3)C1)C2)C1(Cl)Cc2ccc(F)cc2C1=O. The van der Waals surface area contributed by atoms with Crippen molar-refractivity contribution >= 4 is 23.4 Å². The number of halogens is 2. The summed E-state index contributed by atoms with van der Waals surface area (Å²) in [6.45, 7) is 0. The van der Waals surface area contributed by atoms with Crippen LogP contribution in [0.1, 0.15) is 54.4 Å². The Hall–Kier alpha value is -1.42. The average Bonchev–Trinajstić information content (AvgIpc) is 2.78. The lowest BCUT2D eigenvalue weighted by Crippen LogP contribution is -2.55. The van der Waals surface area contributed by atoms with E-state index in [1.165, 1.54) is 37.5 Å². The van der Waals surface area contributed by atoms with Crippen LogP contribution in [0, 0.1) is 23.6 Å². The predicted octanol–water partition coefficient (Wildman–Crippen LogP) is 4.05. The minimum absolute atomic E-state index is 0.0776. The third kappa shape index (κ3) is 2.29. The van der Waals surface area contributed by atoms with Gasteiger partial charge in [0.2, 0.25) is 4.87 Å². The minimum atomic E-state index is -1.74. The largest absolute Gasteiger partial charge is 0.457 e. The molecule has 3 nitrogen and oxygen atoms in total. The first kappa shape index (κ1) is 15.8. The summed E-state index contributed by atoms with van der Waals surface area (Å²) >= 11 is 6.48. The zero-order chi connectivity index (χ0) is 17.4. The molecule has 4 bridgehead atoms. The fourth-order valence-electron chi connectivity index (χ4n) is 6.07. The summed E-state index contributed by atoms with van der Waals surface area (Å²) in [5.41, 5.74) is 0.384. The van der Waals surface area contributed by atoms with E-state index in [1.54, 1.807) is 0 Å². The van der Waals surface area contributed by atoms with Crippen molar-refractivity contribution < 1.29 is 18.7 Å². The topological polar surface area (TPSA) is 43.4 Å². The molecule has 0 heterocycles. The van der Waals surface area contributed by atoms with Crippen molar-refractivity contribution in [1.82, 2.24) is 0 Å².